The van der Waals surface area contributed by atoms with Gasteiger partial charge in [0.2, 0.25) is 0 Å². The SMILES string of the molecule is Cc1ccc(-c2ccc(C3C4=C(CC(C)(C)CC4=O)Nc4ccc5ccccc5c43)o2)c([N+](=O)[O-])c1. The summed E-state index contributed by atoms with van der Waals surface area (Å²) in [7, 11) is 0. The van der Waals surface area contributed by atoms with Gasteiger partial charge in [-0.05, 0) is 64.9 Å². The first-order valence-electron chi connectivity index (χ1n) is 12.1. The Kier molecular flexibility index (Phi) is 4.90. The molecule has 1 unspecified atom stereocenters. The first-order valence-corrected chi connectivity index (χ1v) is 12.1. The first-order chi connectivity index (χ1) is 17.2. The summed E-state index contributed by atoms with van der Waals surface area (Å²) in [5, 5.41) is 17.5. The maximum absolute atomic E-state index is 13.6. The first kappa shape index (κ1) is 22.3. The van der Waals surface area contributed by atoms with E-state index in [0.29, 0.717) is 23.5 Å². The zero-order valence-corrected chi connectivity index (χ0v) is 20.4. The third-order valence-electron chi connectivity index (χ3n) is 7.28. The number of nitro benzene ring substituents is 1. The lowest BCUT2D eigenvalue weighted by Crippen LogP contribution is -2.33. The van der Waals surface area contributed by atoms with Crippen LogP contribution in [0.5, 0.6) is 0 Å². The van der Waals surface area contributed by atoms with Crippen LogP contribution in [-0.4, -0.2) is 10.7 Å². The van der Waals surface area contributed by atoms with Crippen molar-refractivity contribution in [1.29, 1.82) is 0 Å². The number of carbonyl (C=O) groups is 1. The van der Waals surface area contributed by atoms with E-state index >= 15 is 0 Å². The van der Waals surface area contributed by atoms with Crippen LogP contribution >= 0.6 is 0 Å². The fourth-order valence-electron chi connectivity index (χ4n) is 5.74. The molecule has 36 heavy (non-hydrogen) atoms. The molecular weight excluding hydrogens is 452 g/mol. The Balaban J connectivity index is 1.58. The summed E-state index contributed by atoms with van der Waals surface area (Å²) in [4.78, 5) is 25.0. The van der Waals surface area contributed by atoms with Crippen molar-refractivity contribution in [2.24, 2.45) is 5.41 Å². The van der Waals surface area contributed by atoms with Crippen molar-refractivity contribution >= 4 is 27.9 Å². The van der Waals surface area contributed by atoms with E-state index in [1.54, 1.807) is 18.2 Å². The molecule has 1 aromatic heterocycles. The van der Waals surface area contributed by atoms with E-state index in [0.717, 1.165) is 45.3 Å². The number of rotatable bonds is 3. The highest BCUT2D eigenvalue weighted by molar-refractivity contribution is 6.04. The van der Waals surface area contributed by atoms with Gasteiger partial charge in [0, 0.05) is 29.4 Å². The number of carbonyl (C=O) groups excluding carboxylic acids is 1. The van der Waals surface area contributed by atoms with Crippen LogP contribution in [0.1, 0.15) is 49.5 Å². The molecular formula is C30H26N2O4. The van der Waals surface area contributed by atoms with Crippen molar-refractivity contribution in [2.75, 3.05) is 5.32 Å². The van der Waals surface area contributed by atoms with Gasteiger partial charge < -0.3 is 9.73 Å². The highest BCUT2D eigenvalue weighted by Crippen LogP contribution is 2.51. The van der Waals surface area contributed by atoms with Gasteiger partial charge in [-0.3, -0.25) is 14.9 Å². The summed E-state index contributed by atoms with van der Waals surface area (Å²) in [5.41, 5.74) is 4.72. The Hall–Kier alpha value is -4.19. The molecule has 0 saturated carbocycles. The Morgan fingerprint density at radius 3 is 2.64 bits per heavy atom. The van der Waals surface area contributed by atoms with Crippen molar-refractivity contribution < 1.29 is 14.1 Å². The Morgan fingerprint density at radius 2 is 1.83 bits per heavy atom. The van der Waals surface area contributed by atoms with Crippen molar-refractivity contribution in [3.05, 3.63) is 105 Å². The second kappa shape index (κ2) is 7.92. The van der Waals surface area contributed by atoms with Gasteiger partial charge >= 0.3 is 0 Å². The smallest absolute Gasteiger partial charge is 0.280 e. The Bertz CT molecular complexity index is 1610. The van der Waals surface area contributed by atoms with Gasteiger partial charge in [0.1, 0.15) is 11.5 Å². The van der Waals surface area contributed by atoms with Gasteiger partial charge in [0.05, 0.1) is 16.4 Å². The van der Waals surface area contributed by atoms with Crippen LogP contribution in [-0.2, 0) is 4.79 Å². The number of nitro groups is 1. The molecule has 1 aliphatic heterocycles. The number of aryl methyl sites for hydroxylation is 1. The highest BCUT2D eigenvalue weighted by atomic mass is 16.6. The number of Topliss-reactive ketones (excluding diaryl/α,β-unsaturated/α-hetero) is 1. The minimum atomic E-state index is -0.399. The van der Waals surface area contributed by atoms with E-state index < -0.39 is 5.92 Å². The van der Waals surface area contributed by atoms with Crippen LogP contribution in [0, 0.1) is 22.5 Å². The molecule has 4 aromatic rings. The van der Waals surface area contributed by atoms with Gasteiger partial charge in [-0.2, -0.15) is 0 Å². The summed E-state index contributed by atoms with van der Waals surface area (Å²) < 4.78 is 6.38. The minimum absolute atomic E-state index is 0.00228. The van der Waals surface area contributed by atoms with E-state index in [-0.39, 0.29) is 21.8 Å². The molecule has 0 amide bonds. The van der Waals surface area contributed by atoms with E-state index in [4.69, 9.17) is 4.42 Å². The molecule has 2 aliphatic rings. The topological polar surface area (TPSA) is 85.4 Å². The summed E-state index contributed by atoms with van der Waals surface area (Å²) in [5.74, 6) is 0.739. The standard InChI is InChI=1S/C30H26N2O4/c1-17-8-10-20(23(14-17)32(34)35)25-12-13-26(36-25)29-27-19-7-5-4-6-18(19)9-11-21(27)31-22-15-30(2,3)16-24(33)28(22)29/h4-14,29,31H,15-16H2,1-3H3. The monoisotopic (exact) mass is 478 g/mol. The van der Waals surface area contributed by atoms with E-state index in [1.807, 2.05) is 31.2 Å². The summed E-state index contributed by atoms with van der Waals surface area (Å²) >= 11 is 0. The van der Waals surface area contributed by atoms with Gasteiger partial charge in [-0.1, -0.05) is 50.2 Å². The van der Waals surface area contributed by atoms with Crippen LogP contribution < -0.4 is 5.32 Å². The lowest BCUT2D eigenvalue weighted by molar-refractivity contribution is -0.384. The number of ketones is 1. The lowest BCUT2D eigenvalue weighted by Gasteiger charge is -2.39. The summed E-state index contributed by atoms with van der Waals surface area (Å²) in [6.07, 6.45) is 1.22. The van der Waals surface area contributed by atoms with Gasteiger partial charge in [0.15, 0.2) is 5.78 Å². The largest absolute Gasteiger partial charge is 0.460 e. The van der Waals surface area contributed by atoms with Gasteiger partial charge in [0.25, 0.3) is 5.69 Å². The molecule has 1 atom stereocenters. The fraction of sp³-hybridized carbons (Fsp3) is 0.233. The lowest BCUT2D eigenvalue weighted by atomic mass is 9.69. The summed E-state index contributed by atoms with van der Waals surface area (Å²) in [6, 6.07) is 21.0. The number of nitrogens with one attached hydrogen (secondary N) is 1. The minimum Gasteiger partial charge on any atom is -0.460 e. The molecule has 180 valence electrons. The quantitative estimate of drug-likeness (QED) is 0.243. The molecule has 0 bridgehead atoms. The molecule has 6 rings (SSSR count). The molecule has 0 fully saturated rings. The summed E-state index contributed by atoms with van der Waals surface area (Å²) in [6.45, 7) is 6.05. The molecule has 1 N–H and O–H groups in total. The van der Waals surface area contributed by atoms with Crippen molar-refractivity contribution in [1.82, 2.24) is 0 Å². The van der Waals surface area contributed by atoms with Crippen LogP contribution in [0.15, 0.2) is 82.4 Å². The van der Waals surface area contributed by atoms with Crippen molar-refractivity contribution in [2.45, 2.75) is 39.5 Å². The predicted molar refractivity (Wildman–Crippen MR) is 140 cm³/mol. The zero-order valence-electron chi connectivity index (χ0n) is 20.4. The van der Waals surface area contributed by atoms with Crippen molar-refractivity contribution in [3.63, 3.8) is 0 Å². The number of hydrogen-bond donors (Lipinski definition) is 1. The highest BCUT2D eigenvalue weighted by Gasteiger charge is 2.42. The average molecular weight is 479 g/mol. The van der Waals surface area contributed by atoms with Crippen LogP contribution in [0.25, 0.3) is 22.1 Å². The molecule has 1 aliphatic carbocycles. The predicted octanol–water partition coefficient (Wildman–Crippen LogP) is 7.52. The number of fused-ring (bicyclic) bond motifs is 3. The number of nitrogens with zero attached hydrogens (tertiary/aromatic N) is 1. The number of allylic oxidation sites excluding steroid dienone is 2. The molecule has 0 radical (unpaired) electrons. The molecule has 3 aromatic carbocycles. The van der Waals surface area contributed by atoms with Crippen LogP contribution in [0.2, 0.25) is 0 Å². The third kappa shape index (κ3) is 3.52. The molecule has 2 heterocycles. The number of hydrogen-bond acceptors (Lipinski definition) is 5. The van der Waals surface area contributed by atoms with E-state index in [1.165, 1.54) is 0 Å². The Labute approximate surface area is 208 Å². The fourth-order valence-corrected chi connectivity index (χ4v) is 5.74. The Morgan fingerprint density at radius 1 is 1.03 bits per heavy atom. The molecule has 0 spiro atoms. The van der Waals surface area contributed by atoms with Gasteiger partial charge in [-0.15, -0.1) is 0 Å². The van der Waals surface area contributed by atoms with Crippen LogP contribution in [0.3, 0.4) is 0 Å². The maximum Gasteiger partial charge on any atom is 0.280 e. The second-order valence-electron chi connectivity index (χ2n) is 10.6. The average Bonchev–Trinajstić information content (AvgIpc) is 3.31. The second-order valence-corrected chi connectivity index (χ2v) is 10.6. The molecule has 6 nitrogen and oxygen atoms in total. The normalized spacial score (nSPS) is 18.5. The van der Waals surface area contributed by atoms with E-state index in [9.17, 15) is 14.9 Å². The van der Waals surface area contributed by atoms with E-state index in [2.05, 4.69) is 43.4 Å². The number of anilines is 1. The molecule has 0 saturated heterocycles. The van der Waals surface area contributed by atoms with Crippen molar-refractivity contribution in [3.8, 4) is 11.3 Å². The van der Waals surface area contributed by atoms with Gasteiger partial charge in [-0.25, -0.2) is 0 Å². The number of furan rings is 1. The molecule has 6 heteroatoms. The number of benzene rings is 3. The zero-order chi connectivity index (χ0) is 25.2. The maximum atomic E-state index is 13.6. The van der Waals surface area contributed by atoms with Crippen LogP contribution in [0.4, 0.5) is 11.4 Å². The third-order valence-corrected chi connectivity index (χ3v) is 7.28.